The van der Waals surface area contributed by atoms with E-state index in [-0.39, 0.29) is 12.1 Å². The van der Waals surface area contributed by atoms with E-state index in [2.05, 4.69) is 20.6 Å². The first-order valence-corrected chi connectivity index (χ1v) is 5.79. The van der Waals surface area contributed by atoms with Crippen molar-refractivity contribution in [2.24, 2.45) is 0 Å². The van der Waals surface area contributed by atoms with Crippen molar-refractivity contribution in [2.75, 3.05) is 17.7 Å². The number of hydrogen-bond acceptors (Lipinski definition) is 4. The van der Waals surface area contributed by atoms with Crippen LogP contribution in [0.15, 0.2) is 24.5 Å². The molecule has 0 unspecified atom stereocenters. The van der Waals surface area contributed by atoms with Gasteiger partial charge in [-0.2, -0.15) is 0 Å². The number of nitrogens with one attached hydrogen (secondary N) is 2. The van der Waals surface area contributed by atoms with E-state index in [4.69, 9.17) is 0 Å². The molecule has 0 saturated heterocycles. The molecule has 0 radical (unpaired) electrons. The molecule has 0 saturated carbocycles. The molecule has 100 valence electrons. The van der Waals surface area contributed by atoms with Crippen molar-refractivity contribution in [1.29, 1.82) is 0 Å². The Morgan fingerprint density at radius 3 is 2.63 bits per heavy atom. The lowest BCUT2D eigenvalue weighted by Gasteiger charge is -2.11. The molecule has 0 aliphatic rings. The van der Waals surface area contributed by atoms with Crippen molar-refractivity contribution in [3.8, 4) is 0 Å². The van der Waals surface area contributed by atoms with E-state index in [0.29, 0.717) is 11.6 Å². The Bertz CT molecular complexity index is 587. The van der Waals surface area contributed by atoms with Crippen molar-refractivity contribution < 1.29 is 8.78 Å². The topological polar surface area (TPSA) is 49.8 Å². The van der Waals surface area contributed by atoms with Crippen LogP contribution < -0.4 is 10.6 Å². The first-order chi connectivity index (χ1) is 9.11. The van der Waals surface area contributed by atoms with Crippen LogP contribution in [0.5, 0.6) is 0 Å². The number of nitrogens with zero attached hydrogens (tertiary/aromatic N) is 2. The summed E-state index contributed by atoms with van der Waals surface area (Å²) in [5.74, 6) is 0.364. The second kappa shape index (κ2) is 5.60. The average molecular weight is 264 g/mol. The minimum atomic E-state index is -0.464. The normalized spacial score (nSPS) is 10.3. The maximum Gasteiger partial charge on any atom is 0.134 e. The molecule has 0 amide bonds. The van der Waals surface area contributed by atoms with E-state index in [1.54, 1.807) is 7.05 Å². The van der Waals surface area contributed by atoms with Crippen molar-refractivity contribution >= 4 is 11.6 Å². The molecule has 6 heteroatoms. The summed E-state index contributed by atoms with van der Waals surface area (Å²) in [6.45, 7) is 2.00. The minimum absolute atomic E-state index is 0.157. The zero-order valence-corrected chi connectivity index (χ0v) is 10.7. The van der Waals surface area contributed by atoms with Gasteiger partial charge in [-0.3, -0.25) is 0 Å². The zero-order chi connectivity index (χ0) is 13.8. The highest BCUT2D eigenvalue weighted by Gasteiger charge is 2.07. The minimum Gasteiger partial charge on any atom is -0.373 e. The van der Waals surface area contributed by atoms with Gasteiger partial charge in [-0.25, -0.2) is 18.7 Å². The quantitative estimate of drug-likeness (QED) is 0.891. The highest BCUT2D eigenvalue weighted by Crippen LogP contribution is 2.19. The third-order valence-corrected chi connectivity index (χ3v) is 2.77. The Balaban J connectivity index is 2.17. The van der Waals surface area contributed by atoms with E-state index in [9.17, 15) is 8.78 Å². The lowest BCUT2D eigenvalue weighted by Crippen LogP contribution is -2.07. The maximum absolute atomic E-state index is 13.5. The molecular formula is C13H14F2N4. The van der Waals surface area contributed by atoms with Crippen LogP contribution in [0.3, 0.4) is 0 Å². The molecule has 19 heavy (non-hydrogen) atoms. The van der Waals surface area contributed by atoms with Gasteiger partial charge in [-0.05, 0) is 25.1 Å². The van der Waals surface area contributed by atoms with Crippen LogP contribution in [-0.4, -0.2) is 17.0 Å². The highest BCUT2D eigenvalue weighted by atomic mass is 19.1. The Hall–Kier alpha value is -2.24. The standard InChI is InChI=1S/C13H14F2N4/c1-8-12(16-2)18-7-19-13(8)17-6-9-5-10(14)3-4-11(9)15/h3-5,7H,6H2,1-2H3,(H2,16,17,18,19). The molecule has 1 heterocycles. The molecule has 4 nitrogen and oxygen atoms in total. The molecule has 2 N–H and O–H groups in total. The Labute approximate surface area is 109 Å². The van der Waals surface area contributed by atoms with Crippen LogP contribution in [0.2, 0.25) is 0 Å². The first-order valence-electron chi connectivity index (χ1n) is 5.79. The van der Waals surface area contributed by atoms with Crippen LogP contribution in [0.4, 0.5) is 20.4 Å². The summed E-state index contributed by atoms with van der Waals surface area (Å²) in [6, 6.07) is 3.37. The fourth-order valence-electron chi connectivity index (χ4n) is 1.74. The third-order valence-electron chi connectivity index (χ3n) is 2.77. The number of benzene rings is 1. The molecule has 0 aliphatic carbocycles. The highest BCUT2D eigenvalue weighted by molar-refractivity contribution is 5.56. The second-order valence-corrected chi connectivity index (χ2v) is 4.04. The van der Waals surface area contributed by atoms with Crippen molar-refractivity contribution in [3.63, 3.8) is 0 Å². The molecular weight excluding hydrogens is 250 g/mol. The monoisotopic (exact) mass is 264 g/mol. The molecule has 2 rings (SSSR count). The van der Waals surface area contributed by atoms with Crippen LogP contribution in [0.1, 0.15) is 11.1 Å². The summed E-state index contributed by atoms with van der Waals surface area (Å²) in [5, 5.41) is 5.90. The van der Waals surface area contributed by atoms with Gasteiger partial charge >= 0.3 is 0 Å². The van der Waals surface area contributed by atoms with Gasteiger partial charge in [0.05, 0.1) is 0 Å². The summed E-state index contributed by atoms with van der Waals surface area (Å²) in [5.41, 5.74) is 1.07. The molecule has 1 aromatic carbocycles. The summed E-state index contributed by atoms with van der Waals surface area (Å²) < 4.78 is 26.5. The predicted octanol–water partition coefficient (Wildman–Crippen LogP) is 2.72. The lowest BCUT2D eigenvalue weighted by atomic mass is 10.2. The molecule has 0 spiro atoms. The van der Waals surface area contributed by atoms with Gasteiger partial charge in [0.1, 0.15) is 29.6 Å². The smallest absolute Gasteiger partial charge is 0.134 e. The molecule has 0 aliphatic heterocycles. The number of aromatic nitrogens is 2. The van der Waals surface area contributed by atoms with E-state index >= 15 is 0 Å². The fraction of sp³-hybridized carbons (Fsp3) is 0.231. The molecule has 2 aromatic rings. The van der Waals surface area contributed by atoms with Crippen LogP contribution in [-0.2, 0) is 6.54 Å². The van der Waals surface area contributed by atoms with Crippen molar-refractivity contribution in [3.05, 3.63) is 47.3 Å². The van der Waals surface area contributed by atoms with Gasteiger partial charge in [0, 0.05) is 24.7 Å². The van der Waals surface area contributed by atoms with Crippen LogP contribution in [0, 0.1) is 18.6 Å². The fourth-order valence-corrected chi connectivity index (χ4v) is 1.74. The number of rotatable bonds is 4. The third kappa shape index (κ3) is 2.96. The Morgan fingerprint density at radius 1 is 1.16 bits per heavy atom. The summed E-state index contributed by atoms with van der Waals surface area (Å²) in [7, 11) is 1.76. The molecule has 0 bridgehead atoms. The van der Waals surface area contributed by atoms with Gasteiger partial charge in [-0.15, -0.1) is 0 Å². The Morgan fingerprint density at radius 2 is 1.89 bits per heavy atom. The average Bonchev–Trinajstić information content (AvgIpc) is 2.41. The second-order valence-electron chi connectivity index (χ2n) is 4.04. The predicted molar refractivity (Wildman–Crippen MR) is 70.0 cm³/mol. The molecule has 0 atom stereocenters. The van der Waals surface area contributed by atoms with Crippen LogP contribution >= 0.6 is 0 Å². The molecule has 0 fully saturated rings. The van der Waals surface area contributed by atoms with E-state index in [0.717, 1.165) is 23.8 Å². The van der Waals surface area contributed by atoms with Gasteiger partial charge in [0.15, 0.2) is 0 Å². The van der Waals surface area contributed by atoms with Gasteiger partial charge in [0.25, 0.3) is 0 Å². The summed E-state index contributed by atoms with van der Waals surface area (Å²) in [4.78, 5) is 8.12. The van der Waals surface area contributed by atoms with Crippen molar-refractivity contribution in [1.82, 2.24) is 9.97 Å². The summed E-state index contributed by atoms with van der Waals surface area (Å²) in [6.07, 6.45) is 1.41. The largest absolute Gasteiger partial charge is 0.373 e. The zero-order valence-electron chi connectivity index (χ0n) is 10.7. The number of anilines is 2. The molecule has 1 aromatic heterocycles. The van der Waals surface area contributed by atoms with Gasteiger partial charge in [-0.1, -0.05) is 0 Å². The summed E-state index contributed by atoms with van der Waals surface area (Å²) >= 11 is 0. The van der Waals surface area contributed by atoms with E-state index in [1.165, 1.54) is 6.33 Å². The lowest BCUT2D eigenvalue weighted by molar-refractivity contribution is 0.587. The Kier molecular flexibility index (Phi) is 3.89. The van der Waals surface area contributed by atoms with Gasteiger partial charge in [0.2, 0.25) is 0 Å². The van der Waals surface area contributed by atoms with E-state index in [1.807, 2.05) is 6.92 Å². The first kappa shape index (κ1) is 13.2. The maximum atomic E-state index is 13.5. The van der Waals surface area contributed by atoms with Gasteiger partial charge < -0.3 is 10.6 Å². The SMILES string of the molecule is CNc1ncnc(NCc2cc(F)ccc2F)c1C. The van der Waals surface area contributed by atoms with Crippen LogP contribution in [0.25, 0.3) is 0 Å². The number of halogens is 2. The number of hydrogen-bond donors (Lipinski definition) is 2. The van der Waals surface area contributed by atoms with E-state index < -0.39 is 11.6 Å². The van der Waals surface area contributed by atoms with Crippen molar-refractivity contribution in [2.45, 2.75) is 13.5 Å².